The second kappa shape index (κ2) is 49.5. The number of para-hydroxylation sites is 1. The van der Waals surface area contributed by atoms with E-state index in [1.165, 1.54) is 64.4 Å². The van der Waals surface area contributed by atoms with Gasteiger partial charge >= 0.3 is 0 Å². The number of ketones is 3. The number of hydrogen-bond acceptors (Lipinski definition) is 21. The summed E-state index contributed by atoms with van der Waals surface area (Å²) in [5.41, 5.74) is 19.0. The number of aromatic nitrogens is 3. The molecule has 2 aromatic carbocycles. The average Bonchev–Trinajstić information content (AvgIpc) is 1.74. The van der Waals surface area contributed by atoms with E-state index >= 15 is 9.59 Å². The van der Waals surface area contributed by atoms with Crippen molar-refractivity contribution in [1.82, 2.24) is 82.0 Å². The number of carbonyl (C=O) groups is 17. The first-order chi connectivity index (χ1) is 58.4. The molecule has 0 aliphatic carbocycles. The molecule has 38 nitrogen and oxygen atoms in total. The van der Waals surface area contributed by atoms with Gasteiger partial charge in [-0.2, -0.15) is 0 Å². The predicted molar refractivity (Wildman–Crippen MR) is 457 cm³/mol. The molecule has 674 valence electrons. The van der Waals surface area contributed by atoms with Gasteiger partial charge in [-0.1, -0.05) is 102 Å². The molecule has 123 heavy (non-hydrogen) atoms. The van der Waals surface area contributed by atoms with E-state index in [0.29, 0.717) is 53.4 Å². The van der Waals surface area contributed by atoms with E-state index in [1.54, 1.807) is 74.6 Å². The molecule has 4 heterocycles. The average molecular weight is 1730 g/mol. The summed E-state index contributed by atoms with van der Waals surface area (Å²) < 4.78 is 0. The Bertz CT molecular complexity index is 4360. The molecule has 2 fully saturated rings. The fraction of sp³-hybridized carbons (Fsp3) is 0.583. The summed E-state index contributed by atoms with van der Waals surface area (Å²) in [7, 11) is 5.31. The largest absolute Gasteiger partial charge is 0.394 e. The number of aliphatic hydroxyl groups is 1. The minimum absolute atomic E-state index is 0.0162. The lowest BCUT2D eigenvalue weighted by Crippen LogP contribution is -2.59. The number of likely N-dealkylation sites (N-methyl/N-ethyl adjacent to an activating group) is 4. The van der Waals surface area contributed by atoms with Gasteiger partial charge in [-0.15, -0.1) is 11.8 Å². The van der Waals surface area contributed by atoms with Gasteiger partial charge in [0.15, 0.2) is 23.3 Å². The highest BCUT2D eigenvalue weighted by Crippen LogP contribution is 2.28. The predicted octanol–water partition coefficient (Wildman–Crippen LogP) is -0.428. The van der Waals surface area contributed by atoms with Crippen LogP contribution >= 0.6 is 11.8 Å². The Morgan fingerprint density at radius 3 is 1.88 bits per heavy atom. The number of unbranched alkanes of at least 4 members (excludes halogenated alkanes) is 2. The number of amides is 14. The van der Waals surface area contributed by atoms with Gasteiger partial charge in [0, 0.05) is 127 Å². The highest BCUT2D eigenvalue weighted by atomic mass is 32.2. The van der Waals surface area contributed by atoms with Crippen molar-refractivity contribution in [3.8, 4) is 0 Å². The van der Waals surface area contributed by atoms with Gasteiger partial charge < -0.3 is 99.3 Å². The molecule has 6 rings (SSSR count). The number of nitrogens with two attached hydrogens (primary N) is 3. The van der Waals surface area contributed by atoms with Crippen molar-refractivity contribution < 1.29 is 86.6 Å². The van der Waals surface area contributed by atoms with Crippen LogP contribution < -0.4 is 59.7 Å². The van der Waals surface area contributed by atoms with Crippen LogP contribution in [0.5, 0.6) is 0 Å². The minimum Gasteiger partial charge on any atom is -0.394 e. The summed E-state index contributed by atoms with van der Waals surface area (Å²) in [5.74, 6) is -17.7. The molecule has 18 N–H and O–H groups in total. The van der Waals surface area contributed by atoms with Crippen LogP contribution in [0.15, 0.2) is 73.3 Å². The van der Waals surface area contributed by atoms with Crippen LogP contribution in [-0.4, -0.2) is 283 Å². The quantitative estimate of drug-likeness (QED) is 0.0227. The maximum atomic E-state index is 15.1. The number of rotatable bonds is 25. The highest BCUT2D eigenvalue weighted by Gasteiger charge is 2.44. The van der Waals surface area contributed by atoms with E-state index < -0.39 is 229 Å². The number of nitrogens with zero attached hydrogens (tertiary/aromatic N) is 6. The van der Waals surface area contributed by atoms with Crippen molar-refractivity contribution in [2.45, 2.75) is 230 Å². The summed E-state index contributed by atoms with van der Waals surface area (Å²) in [5, 5.41) is 40.4. The molecule has 13 atom stereocenters. The van der Waals surface area contributed by atoms with E-state index in [0.717, 1.165) is 26.5 Å². The first-order valence-electron chi connectivity index (χ1n) is 41.8. The first kappa shape index (κ1) is 100. The van der Waals surface area contributed by atoms with Gasteiger partial charge in [0.1, 0.15) is 48.3 Å². The molecule has 0 radical (unpaired) electrons. The number of benzene rings is 2. The van der Waals surface area contributed by atoms with E-state index in [2.05, 4.69) is 57.5 Å². The smallest absolute Gasteiger partial charge is 0.246 e. The van der Waals surface area contributed by atoms with Crippen LogP contribution in [0.25, 0.3) is 10.9 Å². The van der Waals surface area contributed by atoms with Crippen LogP contribution in [0, 0.1) is 23.2 Å². The molecule has 2 aromatic heterocycles. The number of thioether (sulfide) groups is 1. The van der Waals surface area contributed by atoms with Crippen molar-refractivity contribution in [2.24, 2.45) is 35.0 Å². The normalized spacial score (nSPS) is 24.5. The molecule has 0 saturated carbocycles. The summed E-state index contributed by atoms with van der Waals surface area (Å²) in [6.45, 7) is 8.23. The summed E-state index contributed by atoms with van der Waals surface area (Å²) in [4.78, 5) is 261. The van der Waals surface area contributed by atoms with Gasteiger partial charge in [0.2, 0.25) is 82.7 Å². The van der Waals surface area contributed by atoms with Crippen molar-refractivity contribution >= 4 is 129 Å². The fourth-order valence-corrected chi connectivity index (χ4v) is 15.9. The second-order valence-electron chi connectivity index (χ2n) is 32.1. The van der Waals surface area contributed by atoms with Crippen molar-refractivity contribution in [2.75, 3.05) is 65.9 Å². The lowest BCUT2D eigenvalue weighted by atomic mass is 9.90. The summed E-state index contributed by atoms with van der Waals surface area (Å²) >= 11 is 0.860. The lowest BCUT2D eigenvalue weighted by Gasteiger charge is -2.36. The van der Waals surface area contributed by atoms with Crippen molar-refractivity contribution in [3.05, 3.63) is 90.1 Å². The molecular formula is C84H124N20O18S. The molecule has 0 spiro atoms. The summed E-state index contributed by atoms with van der Waals surface area (Å²) in [6, 6.07) is -0.0984. The van der Waals surface area contributed by atoms with Gasteiger partial charge in [-0.3, -0.25) is 86.9 Å². The van der Waals surface area contributed by atoms with Crippen molar-refractivity contribution in [3.63, 3.8) is 0 Å². The fourth-order valence-electron chi connectivity index (χ4n) is 15.0. The first-order valence-corrected chi connectivity index (χ1v) is 43.0. The number of aromatic amines is 2. The van der Waals surface area contributed by atoms with Crippen molar-refractivity contribution in [1.29, 1.82) is 5.41 Å². The molecule has 4 aromatic rings. The molecule has 39 heteroatoms. The van der Waals surface area contributed by atoms with E-state index in [4.69, 9.17) is 22.6 Å². The Kier molecular flexibility index (Phi) is 40.3. The molecule has 2 aliphatic heterocycles. The molecule has 0 bridgehead atoms. The standard InChI is InChI=1S/C84H124N20O18S/c1-11-13-27-64-68(107)38-52(24-20-32-90-84(87)88)75(114)99-63(67(106)30-31-70(85)109)45-123-46-73(112)95-60(35-51-22-16-15-17-23-51)81(120)101(8)50(6)74(113)96-61(40-71(86)110)82(121)104-33-21-29-65(104)69(108)39-53(36-55-42-89-47-92-55)76(115)97-59(34-48(3)4)80(119)100(7)43-72(111)94-58(37-54-41-91-57-26-19-18-25-56(54)57)77(116)98-62(44-105)78(117)93-49(5)79(118)103(10)66(28-14-12-2)83(122)102(64)9/h15-19,22-23,25-26,41-42,47-50,52-53,58-66,91,105H,11-14,20-21,24,27-40,43-46H2,1-10H3,(H2,85,109)(H2,86,110)(H,89,92)(H,93,117)(H,94,111)(H,95,112)(H,96,113)(H,97,115)(H,98,116)(H,99,114)(H4,87,88,90)/t49-,50-,52+,53+,58-,59-,60-,61-,62-,63-,64-,65?,66-/m0/s1. The second-order valence-corrected chi connectivity index (χ2v) is 33.2. The molecule has 14 amide bonds. The molecule has 2 aliphatic rings. The number of H-pyrrole nitrogens is 2. The number of carbonyl (C=O) groups excluding carboxylic acids is 17. The SMILES string of the molecule is CCCC[C@H]1C(=O)N(C)[C@@H](CCCC)C(=O)C[C@@H](CCCNC(=N)N)C(=O)N[C@H](C(=O)CCC(N)=O)CSCC(=O)N[C@@H](Cc2ccccc2)C(=O)N(C)[C@@H](C)C(=O)N[C@@H](CC(N)=O)C(=O)N2CCCC2C(=O)C[C@@H](Cc2cnc[nH]2)C(=O)N[C@@H](CC(C)C)C(=O)N(C)CC(=O)N[C@@H](Cc2c[nH]c3ccccc23)C(=O)N[C@@H](CO)C(=O)N[C@@H](C)C(=O)N1C. The number of fused-ring (bicyclic) bond motifs is 2. The third kappa shape index (κ3) is 30.7. The third-order valence-corrected chi connectivity index (χ3v) is 23.1. The van der Waals surface area contributed by atoms with E-state index in [9.17, 15) is 77.0 Å². The van der Waals surface area contributed by atoms with Gasteiger partial charge in [-0.05, 0) is 81.9 Å². The van der Waals surface area contributed by atoms with Gasteiger partial charge in [-0.25, -0.2) is 4.98 Å². The van der Waals surface area contributed by atoms with E-state index in [-0.39, 0.29) is 94.9 Å². The van der Waals surface area contributed by atoms with Crippen LogP contribution in [-0.2, 0) is 101 Å². The van der Waals surface area contributed by atoms with Crippen LogP contribution in [0.4, 0.5) is 0 Å². The van der Waals surface area contributed by atoms with Crippen LogP contribution in [0.2, 0.25) is 0 Å². The zero-order chi connectivity index (χ0) is 90.9. The number of hydrogen-bond donors (Lipinski definition) is 15. The molecule has 2 saturated heterocycles. The summed E-state index contributed by atoms with van der Waals surface area (Å²) in [6.07, 6.45) is 3.77. The lowest BCUT2D eigenvalue weighted by molar-refractivity contribution is -0.149. The number of imidazole rings is 1. The van der Waals surface area contributed by atoms with Crippen LogP contribution in [0.3, 0.4) is 0 Å². The monoisotopic (exact) mass is 1730 g/mol. The highest BCUT2D eigenvalue weighted by molar-refractivity contribution is 8.00. The van der Waals surface area contributed by atoms with Crippen LogP contribution in [0.1, 0.15) is 161 Å². The Morgan fingerprint density at radius 2 is 1.24 bits per heavy atom. The Balaban J connectivity index is 1.40. The third-order valence-electron chi connectivity index (χ3n) is 22.0. The topological polar surface area (TPSA) is 569 Å². The number of Topliss-reactive ketones (excluding diaryl/α,β-unsaturated/α-hetero) is 3. The van der Waals surface area contributed by atoms with Gasteiger partial charge in [0.25, 0.3) is 0 Å². The number of primary amides is 2. The minimum atomic E-state index is -1.77. The Hall–Kier alpha value is -11.6. The molecule has 1 unspecified atom stereocenters. The zero-order valence-electron chi connectivity index (χ0n) is 71.9. The van der Waals surface area contributed by atoms with E-state index in [1.807, 2.05) is 13.8 Å². The number of nitrogens with one attached hydrogen (secondary N) is 11. The van der Waals surface area contributed by atoms with Gasteiger partial charge in [0.05, 0.1) is 55.7 Å². The number of guanidine groups is 1. The maximum Gasteiger partial charge on any atom is 0.246 e. The zero-order valence-corrected chi connectivity index (χ0v) is 72.7. The maximum absolute atomic E-state index is 15.1. The molecular weight excluding hydrogens is 1610 g/mol. The Labute approximate surface area is 720 Å². The Morgan fingerprint density at radius 1 is 0.610 bits per heavy atom. The number of aliphatic hydroxyl groups excluding tert-OH is 1.